The number of rotatable bonds is 4. The van der Waals surface area contributed by atoms with Crippen molar-refractivity contribution in [3.8, 4) is 44.5 Å². The molecule has 1 heterocycles. The molecule has 0 nitrogen and oxygen atoms in total. The van der Waals surface area contributed by atoms with Crippen LogP contribution in [0.25, 0.3) is 108 Å². The van der Waals surface area contributed by atoms with Crippen LogP contribution in [0.1, 0.15) is 0 Å². The van der Waals surface area contributed by atoms with E-state index in [0.29, 0.717) is 0 Å². The van der Waals surface area contributed by atoms with Gasteiger partial charge in [-0.2, -0.15) is 0 Å². The molecule has 0 bridgehead atoms. The quantitative estimate of drug-likeness (QED) is 0.162. The smallest absolute Gasteiger partial charge is 0.0446 e. The molecule has 0 fully saturated rings. The molecule has 0 radical (unpaired) electrons. The average molecular weight is 689 g/mol. The lowest BCUT2D eigenvalue weighted by molar-refractivity contribution is 1.63. The first kappa shape index (κ1) is 30.1. The molecule has 0 N–H and O–H groups in total. The molecule has 0 amide bonds. The summed E-state index contributed by atoms with van der Waals surface area (Å²) in [6, 6.07) is 71.6. The molecule has 10 aromatic carbocycles. The van der Waals surface area contributed by atoms with Crippen molar-refractivity contribution in [2.24, 2.45) is 0 Å². The Morgan fingerprint density at radius 3 is 1.34 bits per heavy atom. The van der Waals surface area contributed by atoms with Gasteiger partial charge in [0.1, 0.15) is 0 Å². The maximum atomic E-state index is 2.35. The van der Waals surface area contributed by atoms with Crippen LogP contribution in [0.2, 0.25) is 0 Å². The molecule has 0 saturated heterocycles. The van der Waals surface area contributed by atoms with E-state index in [1.807, 2.05) is 11.3 Å². The number of thiophene rings is 1. The highest BCUT2D eigenvalue weighted by Crippen LogP contribution is 2.50. The minimum Gasteiger partial charge on any atom is -0.134 e. The highest BCUT2D eigenvalue weighted by Gasteiger charge is 2.22. The molecule has 0 aliphatic rings. The summed E-state index contributed by atoms with van der Waals surface area (Å²) >= 11 is 1.91. The van der Waals surface area contributed by atoms with Crippen LogP contribution in [0.3, 0.4) is 0 Å². The topological polar surface area (TPSA) is 0 Å². The van der Waals surface area contributed by atoms with Crippen molar-refractivity contribution < 1.29 is 0 Å². The van der Waals surface area contributed by atoms with Crippen molar-refractivity contribution in [1.29, 1.82) is 0 Å². The van der Waals surface area contributed by atoms with Gasteiger partial charge in [-0.15, -0.1) is 11.3 Å². The zero-order valence-corrected chi connectivity index (χ0v) is 29.7. The normalized spacial score (nSPS) is 11.8. The fourth-order valence-corrected chi connectivity index (χ4v) is 10.0. The lowest BCUT2D eigenvalue weighted by Crippen LogP contribution is -1.92. The van der Waals surface area contributed by atoms with E-state index >= 15 is 0 Å². The number of hydrogen-bond acceptors (Lipinski definition) is 1. The van der Waals surface area contributed by atoms with E-state index in [1.54, 1.807) is 0 Å². The van der Waals surface area contributed by atoms with Crippen molar-refractivity contribution in [2.75, 3.05) is 0 Å². The van der Waals surface area contributed by atoms with Gasteiger partial charge in [-0.1, -0.05) is 182 Å². The standard InChI is InChI=1S/C52H32S/c1-2-15-34(16-3-1)50-49(43-22-10-11-23-44(43)51-45-24-12-13-25-46(45)53-52(50)51)36-29-27-35(28-30-36)47-39-18-6-8-20-41(39)48(42-21-9-7-19-40(42)47)38-31-26-33-14-4-5-17-37(33)32-38/h1-32H. The second-order valence-corrected chi connectivity index (χ2v) is 15.0. The zero-order valence-electron chi connectivity index (χ0n) is 28.9. The van der Waals surface area contributed by atoms with E-state index in [4.69, 9.17) is 0 Å². The Bertz CT molecular complexity index is 3150. The van der Waals surface area contributed by atoms with Gasteiger partial charge in [-0.3, -0.25) is 0 Å². The van der Waals surface area contributed by atoms with E-state index in [9.17, 15) is 0 Å². The van der Waals surface area contributed by atoms with Gasteiger partial charge in [0.15, 0.2) is 0 Å². The molecule has 0 saturated carbocycles. The second-order valence-electron chi connectivity index (χ2n) is 13.9. The minimum atomic E-state index is 1.22. The molecule has 0 aliphatic heterocycles. The zero-order chi connectivity index (χ0) is 34.9. The monoisotopic (exact) mass is 688 g/mol. The van der Waals surface area contributed by atoms with Gasteiger partial charge in [0.25, 0.3) is 0 Å². The van der Waals surface area contributed by atoms with Crippen molar-refractivity contribution in [1.82, 2.24) is 0 Å². The van der Waals surface area contributed by atoms with Crippen LogP contribution < -0.4 is 0 Å². The Labute approximate surface area is 311 Å². The van der Waals surface area contributed by atoms with E-state index in [2.05, 4.69) is 194 Å². The third-order valence-corrected chi connectivity index (χ3v) is 12.2. The molecule has 0 aliphatic carbocycles. The molecule has 11 rings (SSSR count). The van der Waals surface area contributed by atoms with Crippen molar-refractivity contribution in [3.05, 3.63) is 194 Å². The highest BCUT2D eigenvalue weighted by molar-refractivity contribution is 7.26. The van der Waals surface area contributed by atoms with Crippen LogP contribution in [-0.2, 0) is 0 Å². The van der Waals surface area contributed by atoms with Crippen molar-refractivity contribution >= 4 is 74.6 Å². The van der Waals surface area contributed by atoms with Gasteiger partial charge >= 0.3 is 0 Å². The fourth-order valence-electron chi connectivity index (χ4n) is 8.74. The molecule has 246 valence electrons. The SMILES string of the molecule is c1ccc(-c2c(-c3ccc(-c4c5ccccc5c(-c5ccc6ccccc6c5)c5ccccc45)cc3)c3ccccc3c3c2sc2ccccc23)cc1. The van der Waals surface area contributed by atoms with Gasteiger partial charge in [-0.25, -0.2) is 0 Å². The van der Waals surface area contributed by atoms with Gasteiger partial charge in [0.2, 0.25) is 0 Å². The molecule has 0 atom stereocenters. The third-order valence-electron chi connectivity index (χ3n) is 11.0. The third kappa shape index (κ3) is 4.68. The Morgan fingerprint density at radius 2 is 0.698 bits per heavy atom. The first-order chi connectivity index (χ1) is 26.3. The summed E-state index contributed by atoms with van der Waals surface area (Å²) in [6.07, 6.45) is 0. The first-order valence-electron chi connectivity index (χ1n) is 18.3. The maximum absolute atomic E-state index is 2.35. The lowest BCUT2D eigenvalue weighted by Gasteiger charge is -2.19. The summed E-state index contributed by atoms with van der Waals surface area (Å²) in [6.45, 7) is 0. The minimum absolute atomic E-state index is 1.22. The molecule has 11 aromatic rings. The van der Waals surface area contributed by atoms with Crippen LogP contribution >= 0.6 is 11.3 Å². The number of benzene rings is 10. The number of fused-ring (bicyclic) bond motifs is 8. The van der Waals surface area contributed by atoms with Crippen molar-refractivity contribution in [3.63, 3.8) is 0 Å². The first-order valence-corrected chi connectivity index (χ1v) is 19.1. The summed E-state index contributed by atoms with van der Waals surface area (Å²) in [5.41, 5.74) is 10.1. The lowest BCUT2D eigenvalue weighted by atomic mass is 9.84. The largest absolute Gasteiger partial charge is 0.134 e. The van der Waals surface area contributed by atoms with Gasteiger partial charge < -0.3 is 0 Å². The molecular weight excluding hydrogens is 657 g/mol. The predicted molar refractivity (Wildman–Crippen MR) is 231 cm³/mol. The highest BCUT2D eigenvalue weighted by atomic mass is 32.1. The van der Waals surface area contributed by atoms with Crippen molar-refractivity contribution in [2.45, 2.75) is 0 Å². The van der Waals surface area contributed by atoms with Gasteiger partial charge in [0.05, 0.1) is 0 Å². The number of hydrogen-bond donors (Lipinski definition) is 0. The summed E-state index contributed by atoms with van der Waals surface area (Å²) in [4.78, 5) is 0. The van der Waals surface area contributed by atoms with E-state index in [0.717, 1.165) is 0 Å². The molecule has 53 heavy (non-hydrogen) atoms. The van der Waals surface area contributed by atoms with Gasteiger partial charge in [0, 0.05) is 25.7 Å². The Balaban J connectivity index is 1.16. The summed E-state index contributed by atoms with van der Waals surface area (Å²) < 4.78 is 2.67. The van der Waals surface area contributed by atoms with Crippen LogP contribution in [0.5, 0.6) is 0 Å². The maximum Gasteiger partial charge on any atom is 0.0446 e. The average Bonchev–Trinajstić information content (AvgIpc) is 3.62. The van der Waals surface area contributed by atoms with E-state index < -0.39 is 0 Å². The van der Waals surface area contributed by atoms with Crippen LogP contribution in [0.4, 0.5) is 0 Å². The Hall–Kier alpha value is -6.54. The molecule has 0 unspecified atom stereocenters. The predicted octanol–water partition coefficient (Wildman–Crippen LogP) is 15.3. The summed E-state index contributed by atoms with van der Waals surface area (Å²) in [5, 5.41) is 12.9. The summed E-state index contributed by atoms with van der Waals surface area (Å²) in [5.74, 6) is 0. The fraction of sp³-hybridized carbons (Fsp3) is 0. The second kappa shape index (κ2) is 12.0. The van der Waals surface area contributed by atoms with Crippen LogP contribution in [0, 0.1) is 0 Å². The summed E-state index contributed by atoms with van der Waals surface area (Å²) in [7, 11) is 0. The Morgan fingerprint density at radius 1 is 0.264 bits per heavy atom. The van der Waals surface area contributed by atoms with Crippen LogP contribution in [-0.4, -0.2) is 0 Å². The van der Waals surface area contributed by atoms with E-state index in [1.165, 1.54) is 108 Å². The van der Waals surface area contributed by atoms with Gasteiger partial charge in [-0.05, 0) is 94.2 Å². The molecule has 1 heteroatoms. The Kier molecular flexibility index (Phi) is 6.83. The molecule has 1 aromatic heterocycles. The van der Waals surface area contributed by atoms with Crippen LogP contribution in [0.15, 0.2) is 194 Å². The molecular formula is C52H32S. The molecule has 0 spiro atoms. The van der Waals surface area contributed by atoms with E-state index in [-0.39, 0.29) is 0 Å².